The fourth-order valence-electron chi connectivity index (χ4n) is 1.28. The minimum absolute atomic E-state index is 0.0158. The second-order valence-corrected chi connectivity index (χ2v) is 5.72. The number of amides is 1. The molecule has 17 heavy (non-hydrogen) atoms. The predicted octanol–water partition coefficient (Wildman–Crippen LogP) is 3.48. The van der Waals surface area contributed by atoms with E-state index < -0.39 is 5.82 Å². The van der Waals surface area contributed by atoms with Gasteiger partial charge in [0.25, 0.3) is 5.91 Å². The van der Waals surface area contributed by atoms with Crippen molar-refractivity contribution in [2.24, 2.45) is 0 Å². The standard InChI is InChI=1S/C11H8BrFN2OS/c12-9-5-4-8(17-9)11(16)15-10-6(13)2-1-3-7(10)14/h1-5H,14H2,(H,15,16). The van der Waals surface area contributed by atoms with Gasteiger partial charge in [-0.1, -0.05) is 6.07 Å². The summed E-state index contributed by atoms with van der Waals surface area (Å²) in [5.74, 6) is -0.925. The molecule has 3 nitrogen and oxygen atoms in total. The smallest absolute Gasteiger partial charge is 0.265 e. The first-order valence-corrected chi connectivity index (χ1v) is 6.29. The third-order valence-corrected chi connectivity index (χ3v) is 3.70. The summed E-state index contributed by atoms with van der Waals surface area (Å²) in [7, 11) is 0. The Hall–Kier alpha value is -1.40. The topological polar surface area (TPSA) is 55.1 Å². The van der Waals surface area contributed by atoms with Crippen LogP contribution in [-0.2, 0) is 0 Å². The van der Waals surface area contributed by atoms with Gasteiger partial charge < -0.3 is 11.1 Å². The Kier molecular flexibility index (Phi) is 3.44. The molecule has 1 aromatic heterocycles. The van der Waals surface area contributed by atoms with Crippen LogP contribution in [0.1, 0.15) is 9.67 Å². The van der Waals surface area contributed by atoms with Crippen molar-refractivity contribution < 1.29 is 9.18 Å². The van der Waals surface area contributed by atoms with Crippen LogP contribution in [0.2, 0.25) is 0 Å². The summed E-state index contributed by atoms with van der Waals surface area (Å²) in [4.78, 5) is 12.3. The predicted molar refractivity (Wildman–Crippen MR) is 70.8 cm³/mol. The normalized spacial score (nSPS) is 10.2. The van der Waals surface area contributed by atoms with Crippen molar-refractivity contribution in [2.45, 2.75) is 0 Å². The van der Waals surface area contributed by atoms with Crippen molar-refractivity contribution in [3.05, 3.63) is 44.8 Å². The van der Waals surface area contributed by atoms with Gasteiger partial charge in [0, 0.05) is 0 Å². The Bertz CT molecular complexity index is 550. The summed E-state index contributed by atoms with van der Waals surface area (Å²) in [5, 5.41) is 2.46. The van der Waals surface area contributed by atoms with E-state index in [9.17, 15) is 9.18 Å². The zero-order chi connectivity index (χ0) is 12.4. The molecule has 1 heterocycles. The highest BCUT2D eigenvalue weighted by atomic mass is 79.9. The monoisotopic (exact) mass is 314 g/mol. The summed E-state index contributed by atoms with van der Waals surface area (Å²) >= 11 is 4.52. The van der Waals surface area contributed by atoms with Gasteiger partial charge in [-0.05, 0) is 40.2 Å². The molecule has 0 fully saturated rings. The summed E-state index contributed by atoms with van der Waals surface area (Å²) in [6.07, 6.45) is 0. The second-order valence-electron chi connectivity index (χ2n) is 3.26. The molecular weight excluding hydrogens is 307 g/mol. The molecule has 2 aromatic rings. The van der Waals surface area contributed by atoms with E-state index in [2.05, 4.69) is 21.2 Å². The van der Waals surface area contributed by atoms with Gasteiger partial charge in [-0.2, -0.15) is 0 Å². The SMILES string of the molecule is Nc1cccc(F)c1NC(=O)c1ccc(Br)s1. The van der Waals surface area contributed by atoms with Crippen LogP contribution in [0.4, 0.5) is 15.8 Å². The lowest BCUT2D eigenvalue weighted by Crippen LogP contribution is -2.13. The molecule has 0 aliphatic carbocycles. The Labute approximate surface area is 110 Å². The molecule has 0 bridgehead atoms. The van der Waals surface area contributed by atoms with E-state index >= 15 is 0 Å². The number of thiophene rings is 1. The van der Waals surface area contributed by atoms with E-state index in [4.69, 9.17) is 5.73 Å². The van der Waals surface area contributed by atoms with E-state index in [1.54, 1.807) is 12.1 Å². The molecule has 6 heteroatoms. The molecule has 0 radical (unpaired) electrons. The fourth-order valence-corrected chi connectivity index (χ4v) is 2.57. The highest BCUT2D eigenvalue weighted by Crippen LogP contribution is 2.26. The van der Waals surface area contributed by atoms with E-state index in [1.165, 1.54) is 29.5 Å². The van der Waals surface area contributed by atoms with Gasteiger partial charge in [0.1, 0.15) is 11.5 Å². The molecule has 0 aliphatic heterocycles. The third-order valence-electron chi connectivity index (χ3n) is 2.08. The lowest BCUT2D eigenvalue weighted by molar-refractivity contribution is 0.103. The van der Waals surface area contributed by atoms with Crippen molar-refractivity contribution in [3.8, 4) is 0 Å². The van der Waals surface area contributed by atoms with Crippen LogP contribution in [-0.4, -0.2) is 5.91 Å². The van der Waals surface area contributed by atoms with Gasteiger partial charge in [0.2, 0.25) is 0 Å². The summed E-state index contributed by atoms with van der Waals surface area (Å²) < 4.78 is 14.3. The molecule has 3 N–H and O–H groups in total. The van der Waals surface area contributed by atoms with Gasteiger partial charge in [-0.3, -0.25) is 4.79 Å². The van der Waals surface area contributed by atoms with Crippen LogP contribution < -0.4 is 11.1 Å². The van der Waals surface area contributed by atoms with Crippen molar-refractivity contribution in [1.29, 1.82) is 0 Å². The molecule has 2 rings (SSSR count). The average molecular weight is 315 g/mol. The summed E-state index contributed by atoms with van der Waals surface area (Å²) in [6.45, 7) is 0. The zero-order valence-electron chi connectivity index (χ0n) is 8.54. The number of anilines is 2. The first kappa shape index (κ1) is 12.1. The minimum atomic E-state index is -0.547. The molecule has 1 aromatic carbocycles. The van der Waals surface area contributed by atoms with E-state index in [0.29, 0.717) is 4.88 Å². The second kappa shape index (κ2) is 4.85. The maximum Gasteiger partial charge on any atom is 0.265 e. The Morgan fingerprint density at radius 1 is 1.35 bits per heavy atom. The van der Waals surface area contributed by atoms with E-state index in [0.717, 1.165) is 3.79 Å². The van der Waals surface area contributed by atoms with Crippen LogP contribution >= 0.6 is 27.3 Å². The average Bonchev–Trinajstić information content (AvgIpc) is 2.70. The van der Waals surface area contributed by atoms with E-state index in [1.807, 2.05) is 0 Å². The highest BCUT2D eigenvalue weighted by molar-refractivity contribution is 9.11. The van der Waals surface area contributed by atoms with Gasteiger partial charge >= 0.3 is 0 Å². The number of carbonyl (C=O) groups excluding carboxylic acids is 1. The van der Waals surface area contributed by atoms with E-state index in [-0.39, 0.29) is 17.3 Å². The van der Waals surface area contributed by atoms with Gasteiger partial charge in [0.05, 0.1) is 14.4 Å². The first-order valence-electron chi connectivity index (χ1n) is 4.68. The maximum absolute atomic E-state index is 13.4. The molecule has 0 saturated heterocycles. The number of hydrogen-bond acceptors (Lipinski definition) is 3. The molecule has 0 atom stereocenters. The van der Waals surface area contributed by atoms with Crippen molar-refractivity contribution in [2.75, 3.05) is 11.1 Å². The molecule has 0 saturated carbocycles. The fraction of sp³-hybridized carbons (Fsp3) is 0. The van der Waals surface area contributed by atoms with Gasteiger partial charge in [-0.25, -0.2) is 4.39 Å². The molecule has 88 valence electrons. The van der Waals surface area contributed by atoms with Crippen molar-refractivity contribution in [3.63, 3.8) is 0 Å². The van der Waals surface area contributed by atoms with Crippen LogP contribution in [0.25, 0.3) is 0 Å². The molecule has 0 spiro atoms. The summed E-state index contributed by atoms with van der Waals surface area (Å²) in [5.41, 5.74) is 5.81. The number of benzene rings is 1. The molecule has 0 unspecified atom stereocenters. The van der Waals surface area contributed by atoms with Crippen molar-refractivity contribution >= 4 is 44.5 Å². The number of halogens is 2. The molecular formula is C11H8BrFN2OS. The molecule has 1 amide bonds. The lowest BCUT2D eigenvalue weighted by atomic mass is 10.2. The minimum Gasteiger partial charge on any atom is -0.397 e. The Morgan fingerprint density at radius 3 is 2.71 bits per heavy atom. The number of rotatable bonds is 2. The number of carbonyl (C=O) groups is 1. The Morgan fingerprint density at radius 2 is 2.12 bits per heavy atom. The number of nitrogens with two attached hydrogens (primary N) is 1. The number of nitrogen functional groups attached to an aromatic ring is 1. The van der Waals surface area contributed by atoms with Gasteiger partial charge in [-0.15, -0.1) is 11.3 Å². The van der Waals surface area contributed by atoms with Crippen LogP contribution in [0.5, 0.6) is 0 Å². The van der Waals surface area contributed by atoms with Gasteiger partial charge in [0.15, 0.2) is 0 Å². The third kappa shape index (κ3) is 2.65. The number of nitrogens with one attached hydrogen (secondary N) is 1. The largest absolute Gasteiger partial charge is 0.397 e. The van der Waals surface area contributed by atoms with Crippen LogP contribution in [0.3, 0.4) is 0 Å². The quantitative estimate of drug-likeness (QED) is 0.834. The maximum atomic E-state index is 13.4. The first-order chi connectivity index (χ1) is 8.08. The molecule has 0 aliphatic rings. The number of para-hydroxylation sites is 1. The number of hydrogen-bond donors (Lipinski definition) is 2. The lowest BCUT2D eigenvalue weighted by Gasteiger charge is -2.07. The zero-order valence-corrected chi connectivity index (χ0v) is 10.9. The Balaban J connectivity index is 2.24. The highest BCUT2D eigenvalue weighted by Gasteiger charge is 2.13. The van der Waals surface area contributed by atoms with Crippen molar-refractivity contribution in [1.82, 2.24) is 0 Å². The van der Waals surface area contributed by atoms with Crippen LogP contribution in [0.15, 0.2) is 34.1 Å². The van der Waals surface area contributed by atoms with Crippen LogP contribution in [0, 0.1) is 5.82 Å². The summed E-state index contributed by atoms with van der Waals surface area (Å²) in [6, 6.07) is 7.67.